The third-order valence-electron chi connectivity index (χ3n) is 3.33. The monoisotopic (exact) mass is 284 g/mol. The van der Waals surface area contributed by atoms with Crippen molar-refractivity contribution in [3.05, 3.63) is 59.4 Å². The maximum absolute atomic E-state index is 13.8. The molecule has 2 aromatic rings. The van der Waals surface area contributed by atoms with Crippen LogP contribution in [0.25, 0.3) is 0 Å². The molecule has 0 fully saturated rings. The highest BCUT2D eigenvalue weighted by molar-refractivity contribution is 5.39. The van der Waals surface area contributed by atoms with Gasteiger partial charge in [-0.1, -0.05) is 19.1 Å². The molecule has 0 aliphatic rings. The molecule has 0 heterocycles. The van der Waals surface area contributed by atoms with Crippen LogP contribution < -0.4 is 10.1 Å². The molecule has 1 atom stereocenters. The van der Waals surface area contributed by atoms with E-state index in [1.54, 1.807) is 0 Å². The minimum Gasteiger partial charge on any atom is -0.454 e. The first-order chi connectivity index (χ1) is 10.2. The maximum atomic E-state index is 13.8. The average molecular weight is 284 g/mol. The largest absolute Gasteiger partial charge is 0.454 e. The fourth-order valence-electron chi connectivity index (χ4n) is 2.15. The van der Waals surface area contributed by atoms with Crippen molar-refractivity contribution in [1.82, 2.24) is 5.32 Å². The van der Waals surface area contributed by atoms with Crippen LogP contribution >= 0.6 is 0 Å². The Morgan fingerprint density at radius 1 is 1.24 bits per heavy atom. The van der Waals surface area contributed by atoms with Gasteiger partial charge in [0.15, 0.2) is 11.6 Å². The van der Waals surface area contributed by atoms with E-state index < -0.39 is 5.82 Å². The molecule has 0 aromatic heterocycles. The number of halogens is 1. The zero-order chi connectivity index (χ0) is 15.2. The zero-order valence-corrected chi connectivity index (χ0v) is 12.1. The lowest BCUT2D eigenvalue weighted by molar-refractivity contribution is 0.441. The second-order valence-electron chi connectivity index (χ2n) is 4.68. The normalized spacial score (nSPS) is 11.7. The molecule has 2 aromatic carbocycles. The molecule has 108 valence electrons. The summed E-state index contributed by atoms with van der Waals surface area (Å²) >= 11 is 0. The molecular weight excluding hydrogens is 267 g/mol. The molecular formula is C17H17FN2O. The lowest BCUT2D eigenvalue weighted by Gasteiger charge is -2.15. The lowest BCUT2D eigenvalue weighted by atomic mass is 10.0. The summed E-state index contributed by atoms with van der Waals surface area (Å²) in [6.07, 6.45) is 0.987. The summed E-state index contributed by atoms with van der Waals surface area (Å²) in [4.78, 5) is 0. The number of ether oxygens (including phenoxy) is 1. The number of rotatable bonds is 5. The number of hydrogen-bond donors (Lipinski definition) is 1. The first-order valence-electron chi connectivity index (χ1n) is 6.82. The van der Waals surface area contributed by atoms with Gasteiger partial charge in [0.2, 0.25) is 0 Å². The van der Waals surface area contributed by atoms with Crippen molar-refractivity contribution in [2.45, 2.75) is 19.4 Å². The number of nitrogens with one attached hydrogen (secondary N) is 1. The molecule has 4 heteroatoms. The van der Waals surface area contributed by atoms with Crippen molar-refractivity contribution in [3.8, 4) is 17.6 Å². The summed E-state index contributed by atoms with van der Waals surface area (Å²) in [5, 5.41) is 11.9. The van der Waals surface area contributed by atoms with Crippen LogP contribution in [0.3, 0.4) is 0 Å². The van der Waals surface area contributed by atoms with Gasteiger partial charge in [-0.15, -0.1) is 0 Å². The highest BCUT2D eigenvalue weighted by Crippen LogP contribution is 2.26. The molecule has 0 aliphatic heterocycles. The van der Waals surface area contributed by atoms with E-state index in [0.29, 0.717) is 11.8 Å². The Balaban J connectivity index is 2.15. The van der Waals surface area contributed by atoms with E-state index >= 15 is 0 Å². The Morgan fingerprint density at radius 2 is 1.95 bits per heavy atom. The number of nitrogens with zero attached hydrogens (tertiary/aromatic N) is 1. The van der Waals surface area contributed by atoms with Crippen LogP contribution in [0.1, 0.15) is 30.5 Å². The Bertz CT molecular complexity index is 643. The van der Waals surface area contributed by atoms with E-state index in [1.807, 2.05) is 37.4 Å². The molecule has 0 bridgehead atoms. The van der Waals surface area contributed by atoms with E-state index in [2.05, 4.69) is 12.2 Å². The fraction of sp³-hybridized carbons (Fsp3) is 0.235. The molecule has 0 radical (unpaired) electrons. The summed E-state index contributed by atoms with van der Waals surface area (Å²) in [6.45, 7) is 2.11. The van der Waals surface area contributed by atoms with E-state index in [-0.39, 0.29) is 11.3 Å². The topological polar surface area (TPSA) is 45.0 Å². The van der Waals surface area contributed by atoms with Crippen LogP contribution in [-0.4, -0.2) is 7.05 Å². The molecule has 0 saturated carbocycles. The highest BCUT2D eigenvalue weighted by Gasteiger charge is 2.08. The molecule has 0 spiro atoms. The van der Waals surface area contributed by atoms with Gasteiger partial charge in [0, 0.05) is 6.04 Å². The van der Waals surface area contributed by atoms with Gasteiger partial charge in [-0.3, -0.25) is 0 Å². The lowest BCUT2D eigenvalue weighted by Crippen LogP contribution is -2.14. The van der Waals surface area contributed by atoms with Crippen LogP contribution in [0, 0.1) is 17.1 Å². The molecule has 21 heavy (non-hydrogen) atoms. The quantitative estimate of drug-likeness (QED) is 0.896. The van der Waals surface area contributed by atoms with Crippen molar-refractivity contribution in [1.29, 1.82) is 5.26 Å². The van der Waals surface area contributed by atoms with E-state index in [4.69, 9.17) is 10.00 Å². The summed E-state index contributed by atoms with van der Waals surface area (Å²) < 4.78 is 19.3. The highest BCUT2D eigenvalue weighted by atomic mass is 19.1. The van der Waals surface area contributed by atoms with Crippen LogP contribution in [0.5, 0.6) is 11.5 Å². The predicted molar refractivity (Wildman–Crippen MR) is 79.7 cm³/mol. The number of benzene rings is 2. The van der Waals surface area contributed by atoms with Gasteiger partial charge in [0.05, 0.1) is 11.6 Å². The molecule has 0 saturated heterocycles. The van der Waals surface area contributed by atoms with Crippen molar-refractivity contribution >= 4 is 0 Å². The molecule has 0 aliphatic carbocycles. The standard InChI is InChI=1S/C17H17FN2O/c1-3-16(20-2)13-5-7-14(8-6-13)21-17-9-4-12(11-19)10-15(17)18/h4-10,16,20H,3H2,1-2H3. The first kappa shape index (κ1) is 15.0. The molecule has 1 N–H and O–H groups in total. The minimum absolute atomic E-state index is 0.113. The molecule has 1 unspecified atom stereocenters. The van der Waals surface area contributed by atoms with Crippen LogP contribution in [0.2, 0.25) is 0 Å². The van der Waals surface area contributed by atoms with Crippen LogP contribution in [0.4, 0.5) is 4.39 Å². The summed E-state index contributed by atoms with van der Waals surface area (Å²) in [6, 6.07) is 13.9. The third-order valence-corrected chi connectivity index (χ3v) is 3.33. The fourth-order valence-corrected chi connectivity index (χ4v) is 2.15. The molecule has 0 amide bonds. The van der Waals surface area contributed by atoms with Gasteiger partial charge >= 0.3 is 0 Å². The Kier molecular flexibility index (Phi) is 4.91. The Labute approximate surface area is 124 Å². The van der Waals surface area contributed by atoms with Gasteiger partial charge < -0.3 is 10.1 Å². The second-order valence-corrected chi connectivity index (χ2v) is 4.68. The summed E-state index contributed by atoms with van der Waals surface area (Å²) in [5.74, 6) is 0.135. The van der Waals surface area contributed by atoms with Crippen molar-refractivity contribution in [2.75, 3.05) is 7.05 Å². The van der Waals surface area contributed by atoms with Crippen molar-refractivity contribution in [3.63, 3.8) is 0 Å². The minimum atomic E-state index is -0.542. The van der Waals surface area contributed by atoms with Gasteiger partial charge in [-0.2, -0.15) is 5.26 Å². The predicted octanol–water partition coefficient (Wildman–Crippen LogP) is 4.16. The summed E-state index contributed by atoms with van der Waals surface area (Å²) in [5.41, 5.74) is 1.43. The van der Waals surface area contributed by atoms with Crippen LogP contribution in [0.15, 0.2) is 42.5 Å². The SMILES string of the molecule is CCC(NC)c1ccc(Oc2ccc(C#N)cc2F)cc1. The second kappa shape index (κ2) is 6.87. The Hall–Kier alpha value is -2.38. The van der Waals surface area contributed by atoms with Gasteiger partial charge in [0.25, 0.3) is 0 Å². The summed E-state index contributed by atoms with van der Waals surface area (Å²) in [7, 11) is 1.92. The Morgan fingerprint density at radius 3 is 2.48 bits per heavy atom. The number of nitriles is 1. The van der Waals surface area contributed by atoms with E-state index in [9.17, 15) is 4.39 Å². The average Bonchev–Trinajstić information content (AvgIpc) is 2.52. The molecule has 3 nitrogen and oxygen atoms in total. The van der Waals surface area contributed by atoms with Crippen molar-refractivity contribution < 1.29 is 9.13 Å². The maximum Gasteiger partial charge on any atom is 0.167 e. The smallest absolute Gasteiger partial charge is 0.167 e. The zero-order valence-electron chi connectivity index (χ0n) is 12.1. The van der Waals surface area contributed by atoms with Gasteiger partial charge in [-0.25, -0.2) is 4.39 Å². The number of hydrogen-bond acceptors (Lipinski definition) is 3. The van der Waals surface area contributed by atoms with Crippen LogP contribution in [-0.2, 0) is 0 Å². The van der Waals surface area contributed by atoms with Crippen molar-refractivity contribution in [2.24, 2.45) is 0 Å². The first-order valence-corrected chi connectivity index (χ1v) is 6.82. The third kappa shape index (κ3) is 3.59. The van der Waals surface area contributed by atoms with E-state index in [0.717, 1.165) is 18.1 Å². The van der Waals surface area contributed by atoms with Gasteiger partial charge in [0.1, 0.15) is 5.75 Å². The van der Waals surface area contributed by atoms with E-state index in [1.165, 1.54) is 12.1 Å². The molecule has 2 rings (SSSR count). The van der Waals surface area contributed by atoms with Gasteiger partial charge in [-0.05, 0) is 49.4 Å².